The Labute approximate surface area is 128 Å². The number of rotatable bonds is 5. The van der Waals surface area contributed by atoms with Gasteiger partial charge in [0, 0.05) is 6.54 Å². The third kappa shape index (κ3) is 3.27. The molecule has 4 N–H and O–H groups in total. The fraction of sp³-hybridized carbons (Fsp3) is 0.786. The van der Waals surface area contributed by atoms with Crippen molar-refractivity contribution in [2.75, 3.05) is 6.54 Å². The second kappa shape index (κ2) is 6.26. The Morgan fingerprint density at radius 2 is 2.19 bits per heavy atom. The quantitative estimate of drug-likeness (QED) is 0.527. The number of hydrogen-bond acceptors (Lipinski definition) is 6. The molecule has 2 heterocycles. The van der Waals surface area contributed by atoms with E-state index in [2.05, 4.69) is 16.9 Å². The van der Waals surface area contributed by atoms with Crippen LogP contribution in [0.2, 0.25) is 0 Å². The average molecular weight is 314 g/mol. The van der Waals surface area contributed by atoms with Crippen molar-refractivity contribution in [3.63, 3.8) is 0 Å². The highest BCUT2D eigenvalue weighted by Gasteiger charge is 2.50. The summed E-state index contributed by atoms with van der Waals surface area (Å²) in [5.41, 5.74) is -0.342. The summed E-state index contributed by atoms with van der Waals surface area (Å²) in [6, 6.07) is -0.393. The summed E-state index contributed by atoms with van der Waals surface area (Å²) < 4.78 is 5.77. The number of aliphatic imine (C=N–C) groups is 1. The zero-order chi connectivity index (χ0) is 15.0. The normalized spacial score (nSPS) is 42.4. The Bertz CT molecular complexity index is 429. The standard InChI is InChI=1S/C14H22N2O4S/c1-2-3-8(17)12-11(19)10(18)9-13(20-12)21-14(16-9)15-6-7-4-5-7/h2,7-13,17-19H,1,3-6H2,(H,15,16). The Kier molecular flexibility index (Phi) is 4.56. The highest BCUT2D eigenvalue weighted by atomic mass is 32.2. The fourth-order valence-electron chi connectivity index (χ4n) is 2.65. The van der Waals surface area contributed by atoms with E-state index in [1.165, 1.54) is 24.6 Å². The molecule has 7 heteroatoms. The van der Waals surface area contributed by atoms with Crippen LogP contribution in [0.3, 0.4) is 0 Å². The molecule has 1 aliphatic carbocycles. The molecule has 6 unspecified atom stereocenters. The number of aliphatic hydroxyl groups is 3. The van der Waals surface area contributed by atoms with Gasteiger partial charge in [-0.1, -0.05) is 17.8 Å². The third-order valence-corrected chi connectivity index (χ3v) is 5.24. The molecular formula is C14H22N2O4S. The van der Waals surface area contributed by atoms with Crippen molar-refractivity contribution in [2.45, 2.75) is 55.2 Å². The van der Waals surface area contributed by atoms with E-state index in [9.17, 15) is 15.3 Å². The number of nitrogens with one attached hydrogen (secondary N) is 1. The minimum atomic E-state index is -1.13. The van der Waals surface area contributed by atoms with Crippen LogP contribution >= 0.6 is 11.8 Å². The first-order valence-corrected chi connectivity index (χ1v) is 8.26. The van der Waals surface area contributed by atoms with Gasteiger partial charge < -0.3 is 25.4 Å². The maximum Gasteiger partial charge on any atom is 0.159 e. The first-order chi connectivity index (χ1) is 10.1. The molecule has 0 radical (unpaired) electrons. The van der Waals surface area contributed by atoms with Gasteiger partial charge in [-0.2, -0.15) is 0 Å². The fourth-order valence-corrected chi connectivity index (χ4v) is 3.78. The van der Waals surface area contributed by atoms with Crippen molar-refractivity contribution in [1.29, 1.82) is 0 Å². The first-order valence-electron chi connectivity index (χ1n) is 7.38. The lowest BCUT2D eigenvalue weighted by molar-refractivity contribution is -0.186. The van der Waals surface area contributed by atoms with Crippen molar-refractivity contribution in [1.82, 2.24) is 5.32 Å². The van der Waals surface area contributed by atoms with Crippen LogP contribution in [-0.4, -0.2) is 62.9 Å². The summed E-state index contributed by atoms with van der Waals surface area (Å²) in [7, 11) is 0. The highest BCUT2D eigenvalue weighted by Crippen LogP contribution is 2.36. The number of aliphatic hydroxyl groups excluding tert-OH is 3. The second-order valence-electron chi connectivity index (χ2n) is 5.92. The van der Waals surface area contributed by atoms with Crippen molar-refractivity contribution < 1.29 is 20.1 Å². The van der Waals surface area contributed by atoms with E-state index in [-0.39, 0.29) is 5.44 Å². The van der Waals surface area contributed by atoms with Crippen LogP contribution in [0.5, 0.6) is 0 Å². The number of amidine groups is 1. The van der Waals surface area contributed by atoms with Gasteiger partial charge in [-0.3, -0.25) is 4.99 Å². The van der Waals surface area contributed by atoms with Crippen molar-refractivity contribution >= 4 is 16.9 Å². The van der Waals surface area contributed by atoms with Crippen LogP contribution in [0.15, 0.2) is 17.6 Å². The number of hydrogen-bond donors (Lipinski definition) is 4. The maximum absolute atomic E-state index is 10.2. The lowest BCUT2D eigenvalue weighted by Gasteiger charge is -2.40. The van der Waals surface area contributed by atoms with Crippen LogP contribution in [-0.2, 0) is 4.74 Å². The van der Waals surface area contributed by atoms with Gasteiger partial charge in [0.2, 0.25) is 0 Å². The zero-order valence-corrected chi connectivity index (χ0v) is 12.6. The second-order valence-corrected chi connectivity index (χ2v) is 7.01. The Morgan fingerprint density at radius 1 is 1.43 bits per heavy atom. The molecule has 118 valence electrons. The molecule has 1 saturated carbocycles. The summed E-state index contributed by atoms with van der Waals surface area (Å²) in [4.78, 5) is 4.49. The summed E-state index contributed by atoms with van der Waals surface area (Å²) in [5, 5.41) is 34.3. The number of fused-ring (bicyclic) bond motifs is 1. The van der Waals surface area contributed by atoms with E-state index in [4.69, 9.17) is 4.74 Å². The minimum Gasteiger partial charge on any atom is -0.390 e. The zero-order valence-electron chi connectivity index (χ0n) is 11.8. The van der Waals surface area contributed by atoms with Gasteiger partial charge in [0.15, 0.2) is 5.17 Å². The Balaban J connectivity index is 1.65. The molecule has 0 aromatic rings. The number of thioether (sulfide) groups is 1. The summed E-state index contributed by atoms with van der Waals surface area (Å²) in [6.07, 6.45) is 0.557. The monoisotopic (exact) mass is 314 g/mol. The van der Waals surface area contributed by atoms with Crippen LogP contribution in [0.1, 0.15) is 19.3 Å². The van der Waals surface area contributed by atoms with Gasteiger partial charge in [0.25, 0.3) is 0 Å². The number of nitrogens with zero attached hydrogens (tertiary/aromatic N) is 1. The summed E-state index contributed by atoms with van der Waals surface area (Å²) in [5.74, 6) is 0.695. The van der Waals surface area contributed by atoms with E-state index in [1.807, 2.05) is 0 Å². The first kappa shape index (κ1) is 15.3. The maximum atomic E-state index is 10.2. The third-order valence-electron chi connectivity index (χ3n) is 4.13. The SMILES string of the molecule is C=CCC(O)C1OC2SC(=NCC3CC3)NC2C(O)C1O. The lowest BCUT2D eigenvalue weighted by atomic mass is 9.93. The molecule has 3 aliphatic rings. The van der Waals surface area contributed by atoms with Gasteiger partial charge in [0.1, 0.15) is 23.7 Å². The van der Waals surface area contributed by atoms with Gasteiger partial charge in [-0.25, -0.2) is 0 Å². The Morgan fingerprint density at radius 3 is 2.86 bits per heavy atom. The molecule has 0 amide bonds. The molecule has 0 spiro atoms. The molecule has 2 saturated heterocycles. The molecule has 2 aliphatic heterocycles. The predicted molar refractivity (Wildman–Crippen MR) is 81.0 cm³/mol. The topological polar surface area (TPSA) is 94.3 Å². The molecule has 0 aromatic carbocycles. The van der Waals surface area contributed by atoms with Crippen LogP contribution in [0, 0.1) is 5.92 Å². The summed E-state index contributed by atoms with van der Waals surface area (Å²) in [6.45, 7) is 4.37. The van der Waals surface area contributed by atoms with Crippen LogP contribution in [0.4, 0.5) is 0 Å². The molecule has 6 nitrogen and oxygen atoms in total. The van der Waals surface area contributed by atoms with Gasteiger partial charge >= 0.3 is 0 Å². The largest absolute Gasteiger partial charge is 0.390 e. The lowest BCUT2D eigenvalue weighted by Crippen LogP contribution is -2.61. The predicted octanol–water partition coefficient (Wildman–Crippen LogP) is -0.159. The van der Waals surface area contributed by atoms with Gasteiger partial charge in [-0.15, -0.1) is 6.58 Å². The highest BCUT2D eigenvalue weighted by molar-refractivity contribution is 8.14. The Hall–Kier alpha value is -0.600. The van der Waals surface area contributed by atoms with Gasteiger partial charge in [0.05, 0.1) is 12.1 Å². The van der Waals surface area contributed by atoms with Crippen LogP contribution in [0.25, 0.3) is 0 Å². The molecule has 3 fully saturated rings. The van der Waals surface area contributed by atoms with E-state index in [0.717, 1.165) is 11.7 Å². The smallest absolute Gasteiger partial charge is 0.159 e. The molecule has 21 heavy (non-hydrogen) atoms. The molecule has 6 atom stereocenters. The minimum absolute atomic E-state index is 0.312. The van der Waals surface area contributed by atoms with Crippen molar-refractivity contribution in [2.24, 2.45) is 10.9 Å². The van der Waals surface area contributed by atoms with Crippen molar-refractivity contribution in [3.8, 4) is 0 Å². The molecular weight excluding hydrogens is 292 g/mol. The van der Waals surface area contributed by atoms with Crippen LogP contribution < -0.4 is 5.32 Å². The van der Waals surface area contributed by atoms with Gasteiger partial charge in [-0.05, 0) is 25.2 Å². The molecule has 0 bridgehead atoms. The summed E-state index contributed by atoms with van der Waals surface area (Å²) >= 11 is 1.42. The average Bonchev–Trinajstić information content (AvgIpc) is 3.20. The van der Waals surface area contributed by atoms with E-state index >= 15 is 0 Å². The van der Waals surface area contributed by atoms with E-state index in [1.54, 1.807) is 6.08 Å². The van der Waals surface area contributed by atoms with Crippen molar-refractivity contribution in [3.05, 3.63) is 12.7 Å². The molecule has 3 rings (SSSR count). The van der Waals surface area contributed by atoms with E-state index in [0.29, 0.717) is 12.3 Å². The molecule has 0 aromatic heterocycles. The number of ether oxygens (including phenoxy) is 1. The van der Waals surface area contributed by atoms with E-state index < -0.39 is 30.5 Å².